The Morgan fingerprint density at radius 3 is 0.910 bits per heavy atom. The van der Waals surface area contributed by atoms with E-state index < -0.39 is 12.1 Å². The van der Waals surface area contributed by atoms with E-state index >= 15 is 0 Å². The first-order chi connectivity index (χ1) is 38.5. The smallest absolute Gasteiger partial charge is 0.305 e. The number of hydrogen-bond donors (Lipinski definition) is 3. The molecule has 0 fully saturated rings. The lowest BCUT2D eigenvalue weighted by Gasteiger charge is -2.20. The molecular weight excluding hydrogens is 959 g/mol. The van der Waals surface area contributed by atoms with E-state index in [2.05, 4.69) is 43.5 Å². The predicted octanol–water partition coefficient (Wildman–Crippen LogP) is 22.7. The zero-order chi connectivity index (χ0) is 56.4. The lowest BCUT2D eigenvalue weighted by Crippen LogP contribution is -2.45. The third-order valence-electron chi connectivity index (χ3n) is 16.4. The minimum atomic E-state index is -0.855. The second-order valence-electron chi connectivity index (χ2n) is 24.2. The summed E-state index contributed by atoms with van der Waals surface area (Å²) in [5.74, 6) is -0.0761. The van der Waals surface area contributed by atoms with Crippen LogP contribution < -0.4 is 5.32 Å². The van der Waals surface area contributed by atoms with Gasteiger partial charge in [0.05, 0.1) is 25.4 Å². The molecule has 6 heteroatoms. The Kier molecular flexibility index (Phi) is 65.9. The lowest BCUT2D eigenvalue weighted by molar-refractivity contribution is -0.143. The van der Waals surface area contributed by atoms with Crippen molar-refractivity contribution < 1.29 is 24.5 Å². The molecule has 0 aliphatic rings. The zero-order valence-corrected chi connectivity index (χ0v) is 52.7. The summed E-state index contributed by atoms with van der Waals surface area (Å²) in [5, 5.41) is 23.3. The number of hydrogen-bond acceptors (Lipinski definition) is 5. The number of unbranched alkanes of at least 4 members (excludes halogenated alkanes) is 51. The van der Waals surface area contributed by atoms with Crippen molar-refractivity contribution >= 4 is 11.9 Å². The van der Waals surface area contributed by atoms with Gasteiger partial charge in [-0.3, -0.25) is 9.59 Å². The van der Waals surface area contributed by atoms with Crippen molar-refractivity contribution in [2.75, 3.05) is 13.2 Å². The number of allylic oxidation sites excluding steroid dienone is 5. The number of carbonyl (C=O) groups excluding carboxylic acids is 2. The third kappa shape index (κ3) is 63.3. The molecule has 3 N–H and O–H groups in total. The highest BCUT2D eigenvalue weighted by atomic mass is 16.5. The molecule has 0 aliphatic carbocycles. The maximum Gasteiger partial charge on any atom is 0.305 e. The summed E-state index contributed by atoms with van der Waals surface area (Å²) >= 11 is 0. The Balaban J connectivity index is 3.46. The van der Waals surface area contributed by atoms with Gasteiger partial charge in [-0.1, -0.05) is 326 Å². The molecule has 0 saturated heterocycles. The molecule has 0 rings (SSSR count). The molecule has 1 amide bonds. The Labute approximate surface area is 487 Å². The van der Waals surface area contributed by atoms with Crippen molar-refractivity contribution in [3.05, 3.63) is 36.5 Å². The standard InChI is InChI=1S/C72H137NO5/c1-3-5-7-9-11-13-15-17-19-21-23-24-25-26-27-29-32-36-40-44-48-52-56-60-64-70(75)69(68-74)73-71(76)65-61-57-53-49-45-41-37-33-30-31-35-39-43-47-51-55-59-63-67-78-72(77)66-62-58-54-50-46-42-38-34-28-22-20-18-16-14-12-10-8-6-4-2/h18,20,33,37,60,64,69-70,74-75H,3-17,19,21-32,34-36,38-59,61-63,65-68H2,1-2H3,(H,73,76)/b20-18-,37-33-,64-60+. The molecule has 0 heterocycles. The first-order valence-corrected chi connectivity index (χ1v) is 35.3. The second kappa shape index (κ2) is 67.6. The normalized spacial score (nSPS) is 12.7. The molecule has 0 aromatic rings. The van der Waals surface area contributed by atoms with E-state index in [9.17, 15) is 19.8 Å². The first-order valence-electron chi connectivity index (χ1n) is 35.3. The van der Waals surface area contributed by atoms with Gasteiger partial charge in [0.2, 0.25) is 5.91 Å². The van der Waals surface area contributed by atoms with Crippen LogP contribution in [0.5, 0.6) is 0 Å². The molecule has 2 atom stereocenters. The van der Waals surface area contributed by atoms with Crippen LogP contribution in [-0.4, -0.2) is 47.4 Å². The quantitative estimate of drug-likeness (QED) is 0.0320. The van der Waals surface area contributed by atoms with Crippen molar-refractivity contribution in [3.8, 4) is 0 Å². The number of rotatable bonds is 66. The third-order valence-corrected chi connectivity index (χ3v) is 16.4. The molecule has 78 heavy (non-hydrogen) atoms. The highest BCUT2D eigenvalue weighted by Gasteiger charge is 2.18. The van der Waals surface area contributed by atoms with Crippen LogP contribution in [0.25, 0.3) is 0 Å². The highest BCUT2D eigenvalue weighted by Crippen LogP contribution is 2.18. The van der Waals surface area contributed by atoms with E-state index in [0.29, 0.717) is 19.4 Å². The van der Waals surface area contributed by atoms with E-state index in [1.54, 1.807) is 6.08 Å². The number of esters is 1. The average molecular weight is 1100 g/mol. The van der Waals surface area contributed by atoms with Gasteiger partial charge in [-0.25, -0.2) is 0 Å². The highest BCUT2D eigenvalue weighted by molar-refractivity contribution is 5.76. The molecule has 6 nitrogen and oxygen atoms in total. The minimum absolute atomic E-state index is 0.00247. The van der Waals surface area contributed by atoms with Gasteiger partial charge in [-0.05, 0) is 83.5 Å². The first kappa shape index (κ1) is 76.1. The van der Waals surface area contributed by atoms with Gasteiger partial charge in [0.1, 0.15) is 0 Å². The van der Waals surface area contributed by atoms with Gasteiger partial charge >= 0.3 is 5.97 Å². The van der Waals surface area contributed by atoms with Gasteiger partial charge in [0.15, 0.2) is 0 Å². The molecule has 0 saturated carbocycles. The van der Waals surface area contributed by atoms with Crippen molar-refractivity contribution in [2.24, 2.45) is 0 Å². The van der Waals surface area contributed by atoms with Gasteiger partial charge < -0.3 is 20.3 Å². The Hall–Kier alpha value is -1.92. The second-order valence-corrected chi connectivity index (χ2v) is 24.2. The van der Waals surface area contributed by atoms with Crippen molar-refractivity contribution in [3.63, 3.8) is 0 Å². The number of ether oxygens (including phenoxy) is 1. The van der Waals surface area contributed by atoms with Crippen LogP contribution in [-0.2, 0) is 14.3 Å². The summed E-state index contributed by atoms with van der Waals surface area (Å²) in [4.78, 5) is 24.6. The molecule has 2 unspecified atom stereocenters. The number of aliphatic hydroxyl groups is 2. The summed E-state index contributed by atoms with van der Waals surface area (Å²) < 4.78 is 5.50. The molecule has 0 aromatic carbocycles. The van der Waals surface area contributed by atoms with Crippen LogP contribution in [0, 0.1) is 0 Å². The fraction of sp³-hybridized carbons (Fsp3) is 0.889. The van der Waals surface area contributed by atoms with Crippen molar-refractivity contribution in [2.45, 2.75) is 398 Å². The van der Waals surface area contributed by atoms with E-state index in [0.717, 1.165) is 57.8 Å². The molecule has 0 aromatic heterocycles. The zero-order valence-electron chi connectivity index (χ0n) is 52.7. The van der Waals surface area contributed by atoms with Crippen LogP contribution in [0.4, 0.5) is 0 Å². The maximum atomic E-state index is 12.5. The van der Waals surface area contributed by atoms with Gasteiger partial charge in [-0.15, -0.1) is 0 Å². The Morgan fingerprint density at radius 1 is 0.346 bits per heavy atom. The van der Waals surface area contributed by atoms with Crippen LogP contribution in [0.15, 0.2) is 36.5 Å². The topological polar surface area (TPSA) is 95.9 Å². The summed E-state index contributed by atoms with van der Waals surface area (Å²) in [6.07, 6.45) is 86.4. The summed E-state index contributed by atoms with van der Waals surface area (Å²) in [6, 6.07) is -0.640. The molecule has 0 radical (unpaired) electrons. The monoisotopic (exact) mass is 1100 g/mol. The number of carbonyl (C=O) groups is 2. The van der Waals surface area contributed by atoms with Crippen molar-refractivity contribution in [1.29, 1.82) is 0 Å². The fourth-order valence-electron chi connectivity index (χ4n) is 11.0. The molecular formula is C72H137NO5. The largest absolute Gasteiger partial charge is 0.466 e. The molecule has 460 valence electrons. The van der Waals surface area contributed by atoms with E-state index in [1.165, 1.54) is 302 Å². The minimum Gasteiger partial charge on any atom is -0.466 e. The number of nitrogens with one attached hydrogen (secondary N) is 1. The van der Waals surface area contributed by atoms with Crippen molar-refractivity contribution in [1.82, 2.24) is 5.32 Å². The summed E-state index contributed by atoms with van der Waals surface area (Å²) in [6.45, 7) is 4.92. The lowest BCUT2D eigenvalue weighted by atomic mass is 10.0. The average Bonchev–Trinajstić information content (AvgIpc) is 3.44. The van der Waals surface area contributed by atoms with Gasteiger partial charge in [0.25, 0.3) is 0 Å². The van der Waals surface area contributed by atoms with Crippen LogP contribution in [0.1, 0.15) is 386 Å². The van der Waals surface area contributed by atoms with E-state index in [-0.39, 0.29) is 18.5 Å². The predicted molar refractivity (Wildman–Crippen MR) is 343 cm³/mol. The van der Waals surface area contributed by atoms with Crippen LogP contribution >= 0.6 is 0 Å². The molecule has 0 bridgehead atoms. The summed E-state index contributed by atoms with van der Waals surface area (Å²) in [7, 11) is 0. The Bertz CT molecular complexity index is 1260. The maximum absolute atomic E-state index is 12.5. The van der Waals surface area contributed by atoms with E-state index in [4.69, 9.17) is 4.74 Å². The van der Waals surface area contributed by atoms with Gasteiger partial charge in [0, 0.05) is 12.8 Å². The van der Waals surface area contributed by atoms with Crippen LogP contribution in [0.3, 0.4) is 0 Å². The SMILES string of the molecule is CCCCCCCC/C=C\CCCCCCCCCCCC(=O)OCCCCCCCCCCC/C=C\CCCCCCCC(=O)NC(CO)C(O)/C=C/CCCCCCCCCCCCCCCCCCCCCCCC. The van der Waals surface area contributed by atoms with Crippen LogP contribution in [0.2, 0.25) is 0 Å². The number of amides is 1. The van der Waals surface area contributed by atoms with E-state index in [1.807, 2.05) is 6.08 Å². The fourth-order valence-corrected chi connectivity index (χ4v) is 11.0. The molecule has 0 aliphatic heterocycles. The molecule has 0 spiro atoms. The Morgan fingerprint density at radius 2 is 0.603 bits per heavy atom. The number of aliphatic hydroxyl groups excluding tert-OH is 2. The summed E-state index contributed by atoms with van der Waals surface area (Å²) in [5.41, 5.74) is 0. The van der Waals surface area contributed by atoms with Gasteiger partial charge in [-0.2, -0.15) is 0 Å².